The highest BCUT2D eigenvalue weighted by Crippen LogP contribution is 2.24. The van der Waals surface area contributed by atoms with Crippen LogP contribution in [-0.2, 0) is 6.54 Å². The van der Waals surface area contributed by atoms with E-state index in [1.54, 1.807) is 12.4 Å². The molecule has 0 fully saturated rings. The van der Waals surface area contributed by atoms with Crippen LogP contribution in [0.25, 0.3) is 0 Å². The first-order chi connectivity index (χ1) is 10.0. The van der Waals surface area contributed by atoms with Gasteiger partial charge in [-0.2, -0.15) is 0 Å². The van der Waals surface area contributed by atoms with Crippen LogP contribution in [-0.4, -0.2) is 21.5 Å². The number of nitrogens with two attached hydrogens (primary N) is 1. The van der Waals surface area contributed by atoms with Gasteiger partial charge in [-0.25, -0.2) is 4.98 Å². The summed E-state index contributed by atoms with van der Waals surface area (Å²) in [5, 5.41) is 0. The Kier molecular flexibility index (Phi) is 4.85. The van der Waals surface area contributed by atoms with Crippen molar-refractivity contribution in [2.24, 2.45) is 5.73 Å². The molecule has 0 atom stereocenters. The highest BCUT2D eigenvalue weighted by atomic mass is 32.1. The van der Waals surface area contributed by atoms with E-state index >= 15 is 0 Å². The van der Waals surface area contributed by atoms with Gasteiger partial charge in [0.25, 0.3) is 0 Å². The standard InChI is InChI=1S/C16H20N4S/c1-4-20(10-13-5-7-18-8-6-13)16-14(15(17)21)11(2)9-12(3)19-16/h5-9H,4,10H2,1-3H3,(H2,17,21). The summed E-state index contributed by atoms with van der Waals surface area (Å²) >= 11 is 5.21. The Morgan fingerprint density at radius 1 is 1.29 bits per heavy atom. The van der Waals surface area contributed by atoms with Crippen LogP contribution in [0, 0.1) is 13.8 Å². The number of hydrogen-bond donors (Lipinski definition) is 1. The van der Waals surface area contributed by atoms with Gasteiger partial charge in [0.2, 0.25) is 0 Å². The third-order valence-corrected chi connectivity index (χ3v) is 3.58. The second kappa shape index (κ2) is 6.63. The minimum atomic E-state index is 0.392. The van der Waals surface area contributed by atoms with E-state index in [9.17, 15) is 0 Å². The fraction of sp³-hybridized carbons (Fsp3) is 0.312. The van der Waals surface area contributed by atoms with Crippen LogP contribution >= 0.6 is 12.2 Å². The number of aryl methyl sites for hydroxylation is 2. The van der Waals surface area contributed by atoms with E-state index in [-0.39, 0.29) is 0 Å². The van der Waals surface area contributed by atoms with Gasteiger partial charge in [-0.3, -0.25) is 4.98 Å². The maximum absolute atomic E-state index is 5.91. The van der Waals surface area contributed by atoms with E-state index in [4.69, 9.17) is 18.0 Å². The van der Waals surface area contributed by atoms with Crippen molar-refractivity contribution in [2.45, 2.75) is 27.3 Å². The molecule has 0 aliphatic carbocycles. The zero-order chi connectivity index (χ0) is 15.4. The third-order valence-electron chi connectivity index (χ3n) is 3.38. The van der Waals surface area contributed by atoms with Crippen molar-refractivity contribution in [1.82, 2.24) is 9.97 Å². The Labute approximate surface area is 131 Å². The number of hydrogen-bond acceptors (Lipinski definition) is 4. The minimum Gasteiger partial charge on any atom is -0.389 e. The van der Waals surface area contributed by atoms with E-state index in [0.29, 0.717) is 4.99 Å². The van der Waals surface area contributed by atoms with Crippen LogP contribution in [0.5, 0.6) is 0 Å². The van der Waals surface area contributed by atoms with Gasteiger partial charge >= 0.3 is 0 Å². The maximum atomic E-state index is 5.91. The first-order valence-electron chi connectivity index (χ1n) is 6.94. The molecule has 0 saturated carbocycles. The highest BCUT2D eigenvalue weighted by molar-refractivity contribution is 7.80. The maximum Gasteiger partial charge on any atom is 0.139 e. The van der Waals surface area contributed by atoms with Crippen LogP contribution in [0.2, 0.25) is 0 Å². The number of thiocarbonyl (C=S) groups is 1. The molecule has 0 saturated heterocycles. The quantitative estimate of drug-likeness (QED) is 0.861. The lowest BCUT2D eigenvalue weighted by Gasteiger charge is -2.25. The molecule has 4 nitrogen and oxygen atoms in total. The van der Waals surface area contributed by atoms with Crippen LogP contribution < -0.4 is 10.6 Å². The average molecular weight is 300 g/mol. The molecule has 2 N–H and O–H groups in total. The van der Waals surface area contributed by atoms with Crippen LogP contribution in [0.15, 0.2) is 30.6 Å². The summed E-state index contributed by atoms with van der Waals surface area (Å²) in [7, 11) is 0. The lowest BCUT2D eigenvalue weighted by atomic mass is 10.1. The lowest BCUT2D eigenvalue weighted by Crippen LogP contribution is -2.27. The fourth-order valence-electron chi connectivity index (χ4n) is 2.40. The molecule has 0 spiro atoms. The topological polar surface area (TPSA) is 55.0 Å². The minimum absolute atomic E-state index is 0.392. The number of aromatic nitrogens is 2. The lowest BCUT2D eigenvalue weighted by molar-refractivity contribution is 0.807. The summed E-state index contributed by atoms with van der Waals surface area (Å²) < 4.78 is 0. The van der Waals surface area contributed by atoms with Gasteiger partial charge in [0.1, 0.15) is 10.8 Å². The van der Waals surface area contributed by atoms with Gasteiger partial charge in [-0.15, -0.1) is 0 Å². The first-order valence-corrected chi connectivity index (χ1v) is 7.35. The van der Waals surface area contributed by atoms with E-state index in [1.165, 1.54) is 5.56 Å². The van der Waals surface area contributed by atoms with E-state index in [1.807, 2.05) is 32.0 Å². The Morgan fingerprint density at radius 3 is 2.52 bits per heavy atom. The van der Waals surface area contributed by atoms with E-state index in [2.05, 4.69) is 21.8 Å². The van der Waals surface area contributed by atoms with Crippen molar-refractivity contribution in [3.8, 4) is 0 Å². The summed E-state index contributed by atoms with van der Waals surface area (Å²) in [5.41, 5.74) is 9.99. The molecule has 2 heterocycles. The molecule has 0 aliphatic rings. The molecule has 2 aromatic heterocycles. The van der Waals surface area contributed by atoms with Crippen molar-refractivity contribution >= 4 is 23.0 Å². The van der Waals surface area contributed by atoms with Gasteiger partial charge in [0.05, 0.1) is 5.56 Å². The number of nitrogens with zero attached hydrogens (tertiary/aromatic N) is 3. The predicted molar refractivity (Wildman–Crippen MR) is 90.6 cm³/mol. The van der Waals surface area contributed by atoms with E-state index in [0.717, 1.165) is 35.7 Å². The molecule has 0 radical (unpaired) electrons. The van der Waals surface area contributed by atoms with E-state index < -0.39 is 0 Å². The van der Waals surface area contributed by atoms with Gasteiger partial charge in [-0.05, 0) is 50.1 Å². The summed E-state index contributed by atoms with van der Waals surface area (Å²) in [6, 6.07) is 6.02. The van der Waals surface area contributed by atoms with Crippen molar-refractivity contribution in [3.05, 3.63) is 53.0 Å². The third kappa shape index (κ3) is 3.55. The Bertz CT molecular complexity index is 640. The van der Waals surface area contributed by atoms with Crippen LogP contribution in [0.1, 0.15) is 29.3 Å². The highest BCUT2D eigenvalue weighted by Gasteiger charge is 2.17. The summed E-state index contributed by atoms with van der Waals surface area (Å²) in [4.78, 5) is 11.3. The average Bonchev–Trinajstić information content (AvgIpc) is 2.44. The van der Waals surface area contributed by atoms with Gasteiger partial charge < -0.3 is 10.6 Å². The molecule has 0 unspecified atom stereocenters. The molecule has 110 valence electrons. The summed E-state index contributed by atoms with van der Waals surface area (Å²) in [6.45, 7) is 7.69. The van der Waals surface area contributed by atoms with Gasteiger partial charge in [0.15, 0.2) is 0 Å². The normalized spacial score (nSPS) is 10.4. The summed E-state index contributed by atoms with van der Waals surface area (Å²) in [6.07, 6.45) is 3.60. The zero-order valence-corrected chi connectivity index (χ0v) is 13.4. The number of rotatable bonds is 5. The van der Waals surface area contributed by atoms with Crippen molar-refractivity contribution in [1.29, 1.82) is 0 Å². The largest absolute Gasteiger partial charge is 0.389 e. The molecule has 0 bridgehead atoms. The molecule has 5 heteroatoms. The smallest absolute Gasteiger partial charge is 0.139 e. The molecule has 2 aromatic rings. The first kappa shape index (κ1) is 15.4. The molecule has 0 aromatic carbocycles. The van der Waals surface area contributed by atoms with Crippen molar-refractivity contribution in [3.63, 3.8) is 0 Å². The van der Waals surface area contributed by atoms with Crippen molar-refractivity contribution < 1.29 is 0 Å². The molecule has 0 amide bonds. The monoisotopic (exact) mass is 300 g/mol. The number of anilines is 1. The van der Waals surface area contributed by atoms with Crippen molar-refractivity contribution in [2.75, 3.05) is 11.4 Å². The Hall–Kier alpha value is -2.01. The van der Waals surface area contributed by atoms with Gasteiger partial charge in [0, 0.05) is 31.2 Å². The SMILES string of the molecule is CCN(Cc1ccncc1)c1nc(C)cc(C)c1C(N)=S. The molecule has 2 rings (SSSR count). The predicted octanol–water partition coefficient (Wildman–Crippen LogP) is 2.75. The Morgan fingerprint density at radius 2 is 1.95 bits per heavy atom. The molecule has 21 heavy (non-hydrogen) atoms. The Balaban J connectivity index is 2.44. The summed E-state index contributed by atoms with van der Waals surface area (Å²) in [5.74, 6) is 0.860. The van der Waals surface area contributed by atoms with Gasteiger partial charge in [-0.1, -0.05) is 12.2 Å². The fourth-order valence-corrected chi connectivity index (χ4v) is 2.65. The molecular formula is C16H20N4S. The second-order valence-electron chi connectivity index (χ2n) is 5.01. The van der Waals surface area contributed by atoms with Crippen LogP contribution in [0.4, 0.5) is 5.82 Å². The molecule has 0 aliphatic heterocycles. The van der Waals surface area contributed by atoms with Crippen LogP contribution in [0.3, 0.4) is 0 Å². The number of pyridine rings is 2. The zero-order valence-electron chi connectivity index (χ0n) is 12.6. The second-order valence-corrected chi connectivity index (χ2v) is 5.45. The molecular weight excluding hydrogens is 280 g/mol.